The van der Waals surface area contributed by atoms with Gasteiger partial charge in [0.2, 0.25) is 0 Å². The zero-order valence-electron chi connectivity index (χ0n) is 21.1. The van der Waals surface area contributed by atoms with E-state index in [0.717, 1.165) is 6.07 Å². The van der Waals surface area contributed by atoms with Crippen molar-refractivity contribution in [1.29, 1.82) is 0 Å². The van der Waals surface area contributed by atoms with Crippen molar-refractivity contribution in [1.82, 2.24) is 9.88 Å². The van der Waals surface area contributed by atoms with Crippen LogP contribution in [0.25, 0.3) is 10.9 Å². The monoisotopic (exact) mass is 530 g/mol. The third-order valence-electron chi connectivity index (χ3n) is 7.38. The number of aromatic nitrogens is 1. The van der Waals surface area contributed by atoms with Gasteiger partial charge in [0.25, 0.3) is 0 Å². The Morgan fingerprint density at radius 2 is 1.89 bits per heavy atom. The summed E-state index contributed by atoms with van der Waals surface area (Å²) < 4.78 is 61.5. The third-order valence-corrected chi connectivity index (χ3v) is 7.38. The molecule has 0 spiro atoms. The molecular formula is C29H30F4N2O3. The van der Waals surface area contributed by atoms with Crippen molar-refractivity contribution < 1.29 is 32.5 Å². The first-order valence-electron chi connectivity index (χ1n) is 12.5. The van der Waals surface area contributed by atoms with E-state index in [1.165, 1.54) is 13.3 Å². The highest BCUT2D eigenvalue weighted by atomic mass is 19.2. The number of hydrogen-bond acceptors (Lipinski definition) is 5. The van der Waals surface area contributed by atoms with Crippen molar-refractivity contribution in [2.24, 2.45) is 5.41 Å². The number of halogens is 4. The molecule has 0 amide bonds. The van der Waals surface area contributed by atoms with Gasteiger partial charge in [-0.1, -0.05) is 11.8 Å². The summed E-state index contributed by atoms with van der Waals surface area (Å²) in [6.07, 6.45) is 1.94. The van der Waals surface area contributed by atoms with Gasteiger partial charge >= 0.3 is 0 Å². The standard InChI is InChI=1S/C29H30F4N2O3/c1-38-22-4-5-26-23(15-22)27(20(17-36)16-34-26)24(31)6-7-29(18-37)8-11-35(12-9-29)10-2-3-19-13-21(30)14-25(32)28(19)33/h4-5,13-16,24,36-37H,6-12,17-18H2,1H3/t24-/m1/s1. The largest absolute Gasteiger partial charge is 0.497 e. The normalized spacial score (nSPS) is 16.2. The van der Waals surface area contributed by atoms with Crippen LogP contribution < -0.4 is 4.74 Å². The maximum Gasteiger partial charge on any atom is 0.174 e. The Balaban J connectivity index is 1.40. The maximum absolute atomic E-state index is 15.7. The van der Waals surface area contributed by atoms with E-state index in [4.69, 9.17) is 4.74 Å². The lowest BCUT2D eigenvalue weighted by Crippen LogP contribution is -2.42. The topological polar surface area (TPSA) is 65.8 Å². The van der Waals surface area contributed by atoms with Crippen molar-refractivity contribution >= 4 is 10.9 Å². The lowest BCUT2D eigenvalue weighted by atomic mass is 9.74. The number of ether oxygens (including phenoxy) is 1. The van der Waals surface area contributed by atoms with Gasteiger partial charge in [-0.2, -0.15) is 0 Å². The maximum atomic E-state index is 15.7. The Morgan fingerprint density at radius 1 is 1.13 bits per heavy atom. The number of nitrogens with zero attached hydrogens (tertiary/aromatic N) is 2. The van der Waals surface area contributed by atoms with E-state index in [1.54, 1.807) is 18.2 Å². The molecule has 1 aliphatic rings. The molecule has 4 rings (SSSR count). The lowest BCUT2D eigenvalue weighted by Gasteiger charge is -2.40. The average Bonchev–Trinajstić information content (AvgIpc) is 2.94. The van der Waals surface area contributed by atoms with Gasteiger partial charge in [0.1, 0.15) is 17.7 Å². The van der Waals surface area contributed by atoms with Gasteiger partial charge in [0.05, 0.1) is 31.3 Å². The SMILES string of the molecule is COc1ccc2ncc(CO)c([C@H](F)CCC3(CO)CCN(CC#Cc4cc(F)cc(F)c4F)CC3)c2c1. The fourth-order valence-corrected chi connectivity index (χ4v) is 5.00. The highest BCUT2D eigenvalue weighted by Crippen LogP contribution is 2.41. The minimum Gasteiger partial charge on any atom is -0.497 e. The molecule has 5 nitrogen and oxygen atoms in total. The lowest BCUT2D eigenvalue weighted by molar-refractivity contribution is 0.0343. The number of methoxy groups -OCH3 is 1. The number of pyridine rings is 1. The van der Waals surface area contributed by atoms with Gasteiger partial charge in [-0.25, -0.2) is 17.6 Å². The van der Waals surface area contributed by atoms with Crippen LogP contribution >= 0.6 is 0 Å². The van der Waals surface area contributed by atoms with E-state index in [0.29, 0.717) is 66.2 Å². The first-order valence-corrected chi connectivity index (χ1v) is 12.5. The average molecular weight is 531 g/mol. The molecule has 1 fully saturated rings. The highest BCUT2D eigenvalue weighted by molar-refractivity contribution is 5.85. The number of rotatable bonds is 8. The summed E-state index contributed by atoms with van der Waals surface area (Å²) in [6.45, 7) is 1.01. The highest BCUT2D eigenvalue weighted by Gasteiger charge is 2.35. The van der Waals surface area contributed by atoms with E-state index < -0.39 is 29.0 Å². The molecule has 2 aromatic carbocycles. The fraction of sp³-hybridized carbons (Fsp3) is 0.414. The fourth-order valence-electron chi connectivity index (χ4n) is 5.00. The molecular weight excluding hydrogens is 500 g/mol. The van der Waals surface area contributed by atoms with Crippen molar-refractivity contribution in [3.8, 4) is 17.6 Å². The summed E-state index contributed by atoms with van der Waals surface area (Å²) in [5, 5.41) is 20.6. The van der Waals surface area contributed by atoms with Crippen LogP contribution in [-0.4, -0.2) is 53.4 Å². The van der Waals surface area contributed by atoms with E-state index in [2.05, 4.69) is 16.8 Å². The molecule has 202 valence electrons. The van der Waals surface area contributed by atoms with Gasteiger partial charge in [0, 0.05) is 35.4 Å². The third kappa shape index (κ3) is 6.09. The van der Waals surface area contributed by atoms with Crippen LogP contribution in [0.5, 0.6) is 5.75 Å². The van der Waals surface area contributed by atoms with Gasteiger partial charge in [-0.3, -0.25) is 9.88 Å². The zero-order valence-corrected chi connectivity index (χ0v) is 21.1. The first-order chi connectivity index (χ1) is 18.3. The predicted octanol–water partition coefficient (Wildman–Crippen LogP) is 5.07. The number of likely N-dealkylation sites (tertiary alicyclic amines) is 1. The van der Waals surface area contributed by atoms with Crippen LogP contribution in [0, 0.1) is 34.7 Å². The molecule has 1 atom stereocenters. The molecule has 3 aromatic rings. The zero-order chi connectivity index (χ0) is 27.3. The van der Waals surface area contributed by atoms with E-state index in [9.17, 15) is 23.4 Å². The summed E-state index contributed by atoms with van der Waals surface area (Å²) in [6, 6.07) is 6.54. The van der Waals surface area contributed by atoms with Crippen LogP contribution in [0.4, 0.5) is 17.6 Å². The van der Waals surface area contributed by atoms with Crippen LogP contribution in [0.3, 0.4) is 0 Å². The van der Waals surface area contributed by atoms with Crippen LogP contribution in [0.2, 0.25) is 0 Å². The summed E-state index contributed by atoms with van der Waals surface area (Å²) in [5.41, 5.74) is 0.610. The summed E-state index contributed by atoms with van der Waals surface area (Å²) in [7, 11) is 1.53. The molecule has 1 aromatic heterocycles. The smallest absolute Gasteiger partial charge is 0.174 e. The Morgan fingerprint density at radius 3 is 2.58 bits per heavy atom. The number of fused-ring (bicyclic) bond motifs is 1. The molecule has 1 aliphatic heterocycles. The molecule has 0 unspecified atom stereocenters. The first kappa shape index (κ1) is 27.8. The van der Waals surface area contributed by atoms with Gasteiger partial charge in [-0.15, -0.1) is 0 Å². The number of aliphatic hydroxyl groups is 2. The minimum absolute atomic E-state index is 0.0925. The van der Waals surface area contributed by atoms with E-state index in [1.807, 2.05) is 4.90 Å². The van der Waals surface area contributed by atoms with Gasteiger partial charge in [0.15, 0.2) is 11.6 Å². The summed E-state index contributed by atoms with van der Waals surface area (Å²) >= 11 is 0. The molecule has 0 saturated carbocycles. The molecule has 0 bridgehead atoms. The molecule has 0 aliphatic carbocycles. The quantitative estimate of drug-likeness (QED) is 0.242. The molecule has 1 saturated heterocycles. The van der Waals surface area contributed by atoms with Crippen molar-refractivity contribution in [3.63, 3.8) is 0 Å². The second kappa shape index (κ2) is 12.1. The van der Waals surface area contributed by atoms with Crippen LogP contribution in [0.15, 0.2) is 36.5 Å². The molecule has 2 heterocycles. The number of alkyl halides is 1. The Kier molecular flexibility index (Phi) is 8.87. The second-order valence-electron chi connectivity index (χ2n) is 9.73. The summed E-state index contributed by atoms with van der Waals surface area (Å²) in [5.74, 6) is 2.46. The number of hydrogen-bond donors (Lipinski definition) is 2. The van der Waals surface area contributed by atoms with Crippen molar-refractivity contribution in [2.75, 3.05) is 33.4 Å². The van der Waals surface area contributed by atoms with Crippen LogP contribution in [-0.2, 0) is 6.61 Å². The van der Waals surface area contributed by atoms with Gasteiger partial charge in [-0.05, 0) is 68.5 Å². The molecule has 9 heteroatoms. The van der Waals surface area contributed by atoms with Crippen LogP contribution in [0.1, 0.15) is 48.5 Å². The van der Waals surface area contributed by atoms with E-state index in [-0.39, 0.29) is 31.7 Å². The number of benzene rings is 2. The van der Waals surface area contributed by atoms with Gasteiger partial charge < -0.3 is 14.9 Å². The minimum atomic E-state index is -1.37. The number of piperidine rings is 1. The predicted molar refractivity (Wildman–Crippen MR) is 136 cm³/mol. The molecule has 38 heavy (non-hydrogen) atoms. The van der Waals surface area contributed by atoms with Crippen molar-refractivity contribution in [2.45, 2.75) is 38.5 Å². The molecule has 2 N–H and O–H groups in total. The number of aliphatic hydroxyl groups excluding tert-OH is 2. The Labute approximate surface area is 219 Å². The molecule has 0 radical (unpaired) electrons. The summed E-state index contributed by atoms with van der Waals surface area (Å²) in [4.78, 5) is 6.33. The van der Waals surface area contributed by atoms with Crippen molar-refractivity contribution in [3.05, 3.63) is 70.7 Å². The second-order valence-corrected chi connectivity index (χ2v) is 9.73. The Hall–Kier alpha value is -3.19. The Bertz CT molecular complexity index is 1340. The van der Waals surface area contributed by atoms with E-state index >= 15 is 4.39 Å².